The second-order valence-electron chi connectivity index (χ2n) is 5.76. The van der Waals surface area contributed by atoms with Crippen LogP contribution < -0.4 is 5.32 Å². The number of likely N-dealkylation sites (tertiary alicyclic amines) is 1. The molecule has 5 nitrogen and oxygen atoms in total. The zero-order chi connectivity index (χ0) is 13.9. The van der Waals surface area contributed by atoms with Gasteiger partial charge in [0.25, 0.3) is 0 Å². The van der Waals surface area contributed by atoms with Gasteiger partial charge in [-0.25, -0.2) is 9.59 Å². The summed E-state index contributed by atoms with van der Waals surface area (Å²) in [7, 11) is 0. The van der Waals surface area contributed by atoms with Gasteiger partial charge >= 0.3 is 12.0 Å². The maximum atomic E-state index is 12.1. The van der Waals surface area contributed by atoms with Gasteiger partial charge in [0.15, 0.2) is 0 Å². The lowest BCUT2D eigenvalue weighted by Gasteiger charge is -2.33. The van der Waals surface area contributed by atoms with Crippen LogP contribution in [0.25, 0.3) is 0 Å². The Balaban J connectivity index is 1.83. The Labute approximate surface area is 114 Å². The van der Waals surface area contributed by atoms with Crippen molar-refractivity contribution in [1.82, 2.24) is 10.2 Å². The summed E-state index contributed by atoms with van der Waals surface area (Å²) in [6.07, 6.45) is 6.65. The van der Waals surface area contributed by atoms with E-state index in [9.17, 15) is 14.7 Å². The van der Waals surface area contributed by atoms with E-state index in [1.165, 1.54) is 24.2 Å². The van der Waals surface area contributed by atoms with Crippen molar-refractivity contribution in [2.75, 3.05) is 13.1 Å². The van der Waals surface area contributed by atoms with Crippen molar-refractivity contribution in [3.63, 3.8) is 0 Å². The van der Waals surface area contributed by atoms with Gasteiger partial charge in [-0.1, -0.05) is 19.8 Å². The van der Waals surface area contributed by atoms with Gasteiger partial charge < -0.3 is 15.3 Å². The highest BCUT2D eigenvalue weighted by molar-refractivity contribution is 5.87. The number of urea groups is 1. The number of nitrogens with one attached hydrogen (secondary N) is 1. The van der Waals surface area contributed by atoms with Crippen LogP contribution in [-0.4, -0.2) is 40.6 Å². The van der Waals surface area contributed by atoms with Crippen LogP contribution in [0.5, 0.6) is 0 Å². The largest absolute Gasteiger partial charge is 0.479 e. The number of hydrogen-bond acceptors (Lipinski definition) is 2. The maximum absolute atomic E-state index is 12.1. The molecule has 1 unspecified atom stereocenters. The molecule has 0 radical (unpaired) electrons. The number of nitrogens with zero attached hydrogens (tertiary/aromatic N) is 1. The topological polar surface area (TPSA) is 69.6 Å². The van der Waals surface area contributed by atoms with Crippen molar-refractivity contribution in [1.29, 1.82) is 0 Å². The third-order valence-electron chi connectivity index (χ3n) is 4.48. The van der Waals surface area contributed by atoms with Gasteiger partial charge in [0.2, 0.25) is 0 Å². The normalized spacial score (nSPS) is 26.5. The predicted octanol–water partition coefficient (Wildman–Crippen LogP) is 2.22. The Hall–Kier alpha value is -1.26. The molecule has 2 fully saturated rings. The molecule has 1 atom stereocenters. The molecule has 0 bridgehead atoms. The Bertz CT molecular complexity index is 355. The minimum absolute atomic E-state index is 0.211. The van der Waals surface area contributed by atoms with Crippen molar-refractivity contribution in [2.45, 2.75) is 57.4 Å². The SMILES string of the molecule is CCC1(C(=O)O)CCCN1C(=O)NCCCC1CC1. The standard InChI is InChI=1S/C14H24N2O3/c1-2-14(12(17)18)8-4-10-16(14)13(19)15-9-3-5-11-6-7-11/h11H,2-10H2,1H3,(H,15,19)(H,17,18). The van der Waals surface area contributed by atoms with E-state index in [1.807, 2.05) is 6.92 Å². The van der Waals surface area contributed by atoms with Crippen molar-refractivity contribution in [3.05, 3.63) is 0 Å². The van der Waals surface area contributed by atoms with Crippen LogP contribution in [-0.2, 0) is 4.79 Å². The van der Waals surface area contributed by atoms with Gasteiger partial charge in [0.1, 0.15) is 5.54 Å². The Morgan fingerprint density at radius 3 is 2.74 bits per heavy atom. The summed E-state index contributed by atoms with van der Waals surface area (Å²) in [4.78, 5) is 25.1. The molecule has 1 aliphatic carbocycles. The summed E-state index contributed by atoms with van der Waals surface area (Å²) in [6.45, 7) is 3.05. The molecule has 5 heteroatoms. The molecule has 1 saturated carbocycles. The van der Waals surface area contributed by atoms with Crippen LogP contribution in [0.4, 0.5) is 4.79 Å². The predicted molar refractivity (Wildman–Crippen MR) is 72.0 cm³/mol. The molecule has 0 aromatic carbocycles. The van der Waals surface area contributed by atoms with Crippen molar-refractivity contribution >= 4 is 12.0 Å². The van der Waals surface area contributed by atoms with Crippen LogP contribution in [0.2, 0.25) is 0 Å². The molecule has 2 amide bonds. The van der Waals surface area contributed by atoms with E-state index in [0.717, 1.165) is 18.8 Å². The smallest absolute Gasteiger partial charge is 0.329 e. The second-order valence-corrected chi connectivity index (χ2v) is 5.76. The van der Waals surface area contributed by atoms with Crippen molar-refractivity contribution in [3.8, 4) is 0 Å². The summed E-state index contributed by atoms with van der Waals surface area (Å²) >= 11 is 0. The lowest BCUT2D eigenvalue weighted by atomic mass is 9.93. The number of carboxylic acids is 1. The number of carbonyl (C=O) groups is 2. The first kappa shape index (κ1) is 14.2. The monoisotopic (exact) mass is 268 g/mol. The Kier molecular flexibility index (Phi) is 4.32. The van der Waals surface area contributed by atoms with Crippen LogP contribution >= 0.6 is 0 Å². The molecule has 0 aromatic heterocycles. The first-order valence-corrected chi connectivity index (χ1v) is 7.39. The Morgan fingerprint density at radius 1 is 1.42 bits per heavy atom. The third-order valence-corrected chi connectivity index (χ3v) is 4.48. The lowest BCUT2D eigenvalue weighted by Crippen LogP contribution is -2.55. The highest BCUT2D eigenvalue weighted by atomic mass is 16.4. The maximum Gasteiger partial charge on any atom is 0.329 e. The number of amides is 2. The van der Waals surface area contributed by atoms with Gasteiger partial charge in [-0.15, -0.1) is 0 Å². The number of hydrogen-bond donors (Lipinski definition) is 2. The summed E-state index contributed by atoms with van der Waals surface area (Å²) in [5.41, 5.74) is -0.986. The zero-order valence-corrected chi connectivity index (χ0v) is 11.7. The summed E-state index contributed by atoms with van der Waals surface area (Å²) in [5.74, 6) is -0.00179. The molecule has 108 valence electrons. The highest BCUT2D eigenvalue weighted by Gasteiger charge is 2.48. The first-order valence-electron chi connectivity index (χ1n) is 7.39. The van der Waals surface area contributed by atoms with Gasteiger partial charge in [0, 0.05) is 13.1 Å². The average Bonchev–Trinajstić information content (AvgIpc) is 3.10. The van der Waals surface area contributed by atoms with Gasteiger partial charge in [-0.3, -0.25) is 0 Å². The number of rotatable bonds is 6. The molecule has 2 rings (SSSR count). The highest BCUT2D eigenvalue weighted by Crippen LogP contribution is 2.34. The molecule has 2 N–H and O–H groups in total. The van der Waals surface area contributed by atoms with Gasteiger partial charge in [-0.2, -0.15) is 0 Å². The fraction of sp³-hybridized carbons (Fsp3) is 0.857. The fourth-order valence-electron chi connectivity index (χ4n) is 3.00. The van der Waals surface area contributed by atoms with Crippen molar-refractivity contribution in [2.24, 2.45) is 5.92 Å². The molecule has 0 aromatic rings. The van der Waals surface area contributed by atoms with E-state index in [2.05, 4.69) is 5.32 Å². The van der Waals surface area contributed by atoms with Gasteiger partial charge in [-0.05, 0) is 38.0 Å². The minimum atomic E-state index is -0.986. The van der Waals surface area contributed by atoms with E-state index in [0.29, 0.717) is 25.9 Å². The average molecular weight is 268 g/mol. The minimum Gasteiger partial charge on any atom is -0.479 e. The summed E-state index contributed by atoms with van der Waals surface area (Å²) in [5, 5.41) is 12.3. The Morgan fingerprint density at radius 2 is 2.16 bits per heavy atom. The molecule has 2 aliphatic rings. The molecule has 19 heavy (non-hydrogen) atoms. The van der Waals surface area contributed by atoms with E-state index in [4.69, 9.17) is 0 Å². The quantitative estimate of drug-likeness (QED) is 0.726. The molecule has 1 aliphatic heterocycles. The van der Waals surface area contributed by atoms with Crippen LogP contribution in [0.15, 0.2) is 0 Å². The van der Waals surface area contributed by atoms with Gasteiger partial charge in [0.05, 0.1) is 0 Å². The second kappa shape index (κ2) is 5.80. The van der Waals surface area contributed by atoms with E-state index >= 15 is 0 Å². The zero-order valence-electron chi connectivity index (χ0n) is 11.7. The van der Waals surface area contributed by atoms with Crippen molar-refractivity contribution < 1.29 is 14.7 Å². The number of aliphatic carboxylic acids is 1. The number of carbonyl (C=O) groups excluding carboxylic acids is 1. The van der Waals surface area contributed by atoms with Crippen LogP contribution in [0.3, 0.4) is 0 Å². The molecule has 1 heterocycles. The summed E-state index contributed by atoms with van der Waals surface area (Å²) < 4.78 is 0. The van der Waals surface area contributed by atoms with E-state index < -0.39 is 11.5 Å². The molecular weight excluding hydrogens is 244 g/mol. The van der Waals surface area contributed by atoms with Crippen LogP contribution in [0.1, 0.15) is 51.9 Å². The molecule has 1 saturated heterocycles. The summed E-state index contributed by atoms with van der Waals surface area (Å²) in [6, 6.07) is -0.211. The van der Waals surface area contributed by atoms with E-state index in [1.54, 1.807) is 0 Å². The first-order chi connectivity index (χ1) is 9.10. The third kappa shape index (κ3) is 3.01. The molecular formula is C14H24N2O3. The molecule has 0 spiro atoms. The number of carboxylic acid groups (broad SMARTS) is 1. The fourth-order valence-corrected chi connectivity index (χ4v) is 3.00. The van der Waals surface area contributed by atoms with E-state index in [-0.39, 0.29) is 6.03 Å². The lowest BCUT2D eigenvalue weighted by molar-refractivity contribution is -0.148. The van der Waals surface area contributed by atoms with Crippen LogP contribution in [0, 0.1) is 5.92 Å².